The van der Waals surface area contributed by atoms with Crippen molar-refractivity contribution in [3.8, 4) is 11.5 Å². The van der Waals surface area contributed by atoms with Gasteiger partial charge in [0, 0.05) is 21.7 Å². The van der Waals surface area contributed by atoms with Crippen molar-refractivity contribution in [3.63, 3.8) is 0 Å². The maximum atomic E-state index is 11.2. The summed E-state index contributed by atoms with van der Waals surface area (Å²) in [6.07, 6.45) is 1.41. The zero-order valence-electron chi connectivity index (χ0n) is 17.0. The van der Waals surface area contributed by atoms with E-state index >= 15 is 0 Å². The van der Waals surface area contributed by atoms with Gasteiger partial charge < -0.3 is 9.47 Å². The Bertz CT molecular complexity index is 1240. The molecule has 0 aliphatic rings. The average molecular weight is 491 g/mol. The van der Waals surface area contributed by atoms with Gasteiger partial charge in [-0.15, -0.1) is 0 Å². The van der Waals surface area contributed by atoms with E-state index in [1.54, 1.807) is 36.4 Å². The first-order valence-corrected chi connectivity index (χ1v) is 10.0. The predicted molar refractivity (Wildman–Crippen MR) is 125 cm³/mol. The highest BCUT2D eigenvalue weighted by molar-refractivity contribution is 6.35. The Morgan fingerprint density at radius 1 is 1.00 bits per heavy atom. The van der Waals surface area contributed by atoms with Gasteiger partial charge in [0.2, 0.25) is 0 Å². The zero-order valence-corrected chi connectivity index (χ0v) is 18.5. The van der Waals surface area contributed by atoms with Gasteiger partial charge >= 0.3 is 5.69 Å². The number of non-ortho nitro benzene ring substituents is 1. The van der Waals surface area contributed by atoms with Crippen LogP contribution in [0.15, 0.2) is 59.7 Å². The van der Waals surface area contributed by atoms with Gasteiger partial charge in [0.15, 0.2) is 11.5 Å². The van der Waals surface area contributed by atoms with Gasteiger partial charge in [-0.3, -0.25) is 25.7 Å². The van der Waals surface area contributed by atoms with Crippen molar-refractivity contribution in [1.82, 2.24) is 0 Å². The molecule has 0 atom stereocenters. The van der Waals surface area contributed by atoms with E-state index in [2.05, 4.69) is 10.5 Å². The number of halogens is 2. The number of benzene rings is 3. The predicted octanol–water partition coefficient (Wildman–Crippen LogP) is 5.84. The summed E-state index contributed by atoms with van der Waals surface area (Å²) in [4.78, 5) is 20.6. The van der Waals surface area contributed by atoms with E-state index in [1.807, 2.05) is 0 Å². The van der Waals surface area contributed by atoms with Gasteiger partial charge in [0.25, 0.3) is 5.69 Å². The Morgan fingerprint density at radius 3 is 2.45 bits per heavy atom. The van der Waals surface area contributed by atoms with E-state index < -0.39 is 21.2 Å². The van der Waals surface area contributed by atoms with E-state index in [-0.39, 0.29) is 12.3 Å². The summed E-state index contributed by atoms with van der Waals surface area (Å²) in [6, 6.07) is 13.4. The number of hydrogen-bond donors (Lipinski definition) is 1. The Kier molecular flexibility index (Phi) is 7.65. The van der Waals surface area contributed by atoms with Gasteiger partial charge in [0.1, 0.15) is 12.3 Å². The highest BCUT2D eigenvalue weighted by Crippen LogP contribution is 2.31. The van der Waals surface area contributed by atoms with Crippen LogP contribution in [0.2, 0.25) is 10.0 Å². The van der Waals surface area contributed by atoms with E-state index in [0.29, 0.717) is 27.1 Å². The largest absolute Gasteiger partial charge is 0.493 e. The average Bonchev–Trinajstić information content (AvgIpc) is 2.78. The molecule has 0 fully saturated rings. The summed E-state index contributed by atoms with van der Waals surface area (Å²) < 4.78 is 11.2. The van der Waals surface area contributed by atoms with Crippen LogP contribution in [0.3, 0.4) is 0 Å². The molecule has 170 valence electrons. The number of nitro groups is 2. The number of ether oxygens (including phenoxy) is 2. The van der Waals surface area contributed by atoms with Crippen LogP contribution < -0.4 is 14.9 Å². The number of hydrazone groups is 1. The number of nitrogens with zero attached hydrogens (tertiary/aromatic N) is 3. The van der Waals surface area contributed by atoms with Crippen molar-refractivity contribution in [1.29, 1.82) is 0 Å². The van der Waals surface area contributed by atoms with Crippen molar-refractivity contribution in [2.75, 3.05) is 12.5 Å². The van der Waals surface area contributed by atoms with Gasteiger partial charge in [0.05, 0.1) is 29.2 Å². The van der Waals surface area contributed by atoms with Crippen LogP contribution in [0.25, 0.3) is 0 Å². The number of nitrogens with one attached hydrogen (secondary N) is 1. The zero-order chi connectivity index (χ0) is 24.0. The monoisotopic (exact) mass is 490 g/mol. The molecule has 0 spiro atoms. The maximum absolute atomic E-state index is 11.2. The minimum atomic E-state index is -0.729. The summed E-state index contributed by atoms with van der Waals surface area (Å²) in [5, 5.41) is 27.0. The van der Waals surface area contributed by atoms with Crippen LogP contribution in [0.1, 0.15) is 11.1 Å². The lowest BCUT2D eigenvalue weighted by atomic mass is 10.2. The fourth-order valence-electron chi connectivity index (χ4n) is 2.73. The Hall–Kier alpha value is -3.89. The molecule has 0 aliphatic heterocycles. The highest BCUT2D eigenvalue weighted by Gasteiger charge is 2.19. The molecule has 10 nitrogen and oxygen atoms in total. The minimum absolute atomic E-state index is 0.00797. The lowest BCUT2D eigenvalue weighted by Crippen LogP contribution is -2.00. The second-order valence-corrected chi connectivity index (χ2v) is 7.36. The third-order valence-corrected chi connectivity index (χ3v) is 4.96. The Labute approximate surface area is 197 Å². The number of methoxy groups -OCH3 is 1. The normalized spacial score (nSPS) is 10.8. The molecule has 33 heavy (non-hydrogen) atoms. The molecule has 0 saturated heterocycles. The molecule has 0 radical (unpaired) electrons. The third-order valence-electron chi connectivity index (χ3n) is 4.37. The molecule has 0 unspecified atom stereocenters. The van der Waals surface area contributed by atoms with Crippen molar-refractivity contribution in [3.05, 3.63) is 96.0 Å². The van der Waals surface area contributed by atoms with Crippen molar-refractivity contribution < 1.29 is 19.3 Å². The van der Waals surface area contributed by atoms with E-state index in [1.165, 1.54) is 19.4 Å². The van der Waals surface area contributed by atoms with E-state index in [4.69, 9.17) is 32.7 Å². The van der Waals surface area contributed by atoms with Crippen molar-refractivity contribution >= 4 is 46.5 Å². The lowest BCUT2D eigenvalue weighted by molar-refractivity contribution is -0.393. The lowest BCUT2D eigenvalue weighted by Gasteiger charge is -2.12. The topological polar surface area (TPSA) is 129 Å². The summed E-state index contributed by atoms with van der Waals surface area (Å²) in [7, 11) is 1.48. The van der Waals surface area contributed by atoms with Gasteiger partial charge in [-0.2, -0.15) is 5.10 Å². The van der Waals surface area contributed by atoms with Gasteiger partial charge in [-0.05, 0) is 42.0 Å². The first kappa shape index (κ1) is 23.8. The molecule has 0 bridgehead atoms. The van der Waals surface area contributed by atoms with Crippen LogP contribution in [-0.4, -0.2) is 23.2 Å². The fraction of sp³-hybridized carbons (Fsp3) is 0.0952. The van der Waals surface area contributed by atoms with Crippen LogP contribution in [-0.2, 0) is 6.61 Å². The second kappa shape index (κ2) is 10.6. The minimum Gasteiger partial charge on any atom is -0.493 e. The number of nitro benzene ring substituents is 2. The molecular formula is C21H16Cl2N4O6. The number of hydrogen-bond acceptors (Lipinski definition) is 8. The van der Waals surface area contributed by atoms with E-state index in [0.717, 1.165) is 17.7 Å². The first-order valence-electron chi connectivity index (χ1n) is 9.25. The second-order valence-electron chi connectivity index (χ2n) is 6.52. The van der Waals surface area contributed by atoms with Crippen molar-refractivity contribution in [2.45, 2.75) is 6.61 Å². The number of rotatable bonds is 9. The molecule has 3 rings (SSSR count). The summed E-state index contributed by atoms with van der Waals surface area (Å²) in [5.74, 6) is 0.907. The molecule has 3 aromatic rings. The van der Waals surface area contributed by atoms with Crippen molar-refractivity contribution in [2.24, 2.45) is 5.10 Å². The van der Waals surface area contributed by atoms with Crippen LogP contribution in [0.4, 0.5) is 17.1 Å². The van der Waals surface area contributed by atoms with Crippen LogP contribution in [0.5, 0.6) is 11.5 Å². The molecule has 0 aromatic heterocycles. The molecule has 12 heteroatoms. The van der Waals surface area contributed by atoms with E-state index in [9.17, 15) is 20.2 Å². The molecule has 0 saturated carbocycles. The summed E-state index contributed by atoms with van der Waals surface area (Å²) in [6.45, 7) is 0.200. The molecule has 3 aromatic carbocycles. The first-order chi connectivity index (χ1) is 15.8. The van der Waals surface area contributed by atoms with Gasteiger partial charge in [-0.1, -0.05) is 29.3 Å². The number of anilines is 1. The third kappa shape index (κ3) is 6.09. The molecule has 0 amide bonds. The molecule has 0 heterocycles. The Morgan fingerprint density at radius 2 is 1.79 bits per heavy atom. The smallest absolute Gasteiger partial charge is 0.301 e. The highest BCUT2D eigenvalue weighted by atomic mass is 35.5. The summed E-state index contributed by atoms with van der Waals surface area (Å²) >= 11 is 12.1. The molecule has 1 N–H and O–H groups in total. The van der Waals surface area contributed by atoms with Crippen LogP contribution in [0, 0.1) is 20.2 Å². The molecular weight excluding hydrogens is 475 g/mol. The van der Waals surface area contributed by atoms with Crippen LogP contribution >= 0.6 is 23.2 Å². The fourth-order valence-corrected chi connectivity index (χ4v) is 3.20. The maximum Gasteiger partial charge on any atom is 0.301 e. The molecule has 0 aliphatic carbocycles. The SMILES string of the molecule is COc1cc(/C=N\Nc2ccc([N+](=O)[O-])cc2[N+](=O)[O-])ccc1OCc1ccc(Cl)cc1Cl. The quantitative estimate of drug-likeness (QED) is 0.226. The summed E-state index contributed by atoms with van der Waals surface area (Å²) in [5.41, 5.74) is 3.04. The Balaban J connectivity index is 1.72. The standard InChI is InChI=1S/C21H16Cl2N4O6/c1-32-21-8-13(2-7-20(21)33-12-14-3-4-15(22)9-17(14)23)11-24-25-18-6-5-16(26(28)29)10-19(18)27(30)31/h2-11,25H,12H2,1H3/b24-11-. The van der Waals surface area contributed by atoms with Gasteiger partial charge in [-0.25, -0.2) is 0 Å².